The van der Waals surface area contributed by atoms with E-state index in [-0.39, 0.29) is 5.91 Å². The van der Waals surface area contributed by atoms with Crippen LogP contribution in [0.15, 0.2) is 24.3 Å². The van der Waals surface area contributed by atoms with E-state index in [0.717, 1.165) is 31.1 Å². The number of hydrogen-bond acceptors (Lipinski definition) is 4. The molecule has 1 atom stereocenters. The second-order valence-corrected chi connectivity index (χ2v) is 6.06. The molecule has 5 nitrogen and oxygen atoms in total. The topological polar surface area (TPSA) is 50.8 Å². The molecule has 0 spiro atoms. The summed E-state index contributed by atoms with van der Waals surface area (Å²) in [6.07, 6.45) is 3.62. The second kappa shape index (κ2) is 10.2. The van der Waals surface area contributed by atoms with E-state index in [9.17, 15) is 4.79 Å². The van der Waals surface area contributed by atoms with Crippen molar-refractivity contribution in [3.63, 3.8) is 0 Å². The Morgan fingerprint density at radius 1 is 1.25 bits per heavy atom. The molecule has 24 heavy (non-hydrogen) atoms. The molecule has 0 aromatic heterocycles. The van der Waals surface area contributed by atoms with Crippen LogP contribution in [-0.2, 0) is 4.79 Å². The molecule has 1 amide bonds. The van der Waals surface area contributed by atoms with Gasteiger partial charge in [-0.3, -0.25) is 9.69 Å². The fourth-order valence-corrected chi connectivity index (χ4v) is 3.12. The lowest BCUT2D eigenvalue weighted by Gasteiger charge is -2.22. The Labute approximate surface area is 145 Å². The molecular weight excluding hydrogens is 304 g/mol. The molecule has 0 aliphatic carbocycles. The highest BCUT2D eigenvalue weighted by atomic mass is 16.5. The highest BCUT2D eigenvalue weighted by molar-refractivity contribution is 5.75. The van der Waals surface area contributed by atoms with E-state index in [4.69, 9.17) is 9.47 Å². The van der Waals surface area contributed by atoms with Crippen LogP contribution in [-0.4, -0.2) is 49.7 Å². The molecular formula is C19H30N2O3. The monoisotopic (exact) mass is 334 g/mol. The third-order valence-corrected chi connectivity index (χ3v) is 4.39. The van der Waals surface area contributed by atoms with Crippen LogP contribution < -0.4 is 14.8 Å². The summed E-state index contributed by atoms with van der Waals surface area (Å²) in [7, 11) is 0. The largest absolute Gasteiger partial charge is 0.490 e. The predicted molar refractivity (Wildman–Crippen MR) is 95.6 cm³/mol. The molecule has 0 saturated carbocycles. The molecule has 1 unspecified atom stereocenters. The van der Waals surface area contributed by atoms with Crippen LogP contribution in [0.4, 0.5) is 0 Å². The van der Waals surface area contributed by atoms with E-state index in [2.05, 4.69) is 17.1 Å². The van der Waals surface area contributed by atoms with Gasteiger partial charge in [0.15, 0.2) is 11.5 Å². The number of ether oxygens (including phenoxy) is 2. The minimum absolute atomic E-state index is 0.111. The number of para-hydroxylation sites is 2. The molecule has 5 heteroatoms. The van der Waals surface area contributed by atoms with Crippen LogP contribution in [0.5, 0.6) is 11.5 Å². The minimum atomic E-state index is 0.111. The van der Waals surface area contributed by atoms with Gasteiger partial charge < -0.3 is 14.8 Å². The number of carbonyl (C=O) groups is 1. The van der Waals surface area contributed by atoms with Gasteiger partial charge in [-0.1, -0.05) is 19.1 Å². The summed E-state index contributed by atoms with van der Waals surface area (Å²) in [5.41, 5.74) is 0. The molecule has 134 valence electrons. The van der Waals surface area contributed by atoms with Crippen molar-refractivity contribution in [1.82, 2.24) is 10.2 Å². The van der Waals surface area contributed by atoms with Gasteiger partial charge in [0.1, 0.15) is 0 Å². The fraction of sp³-hybridized carbons (Fsp3) is 0.632. The Morgan fingerprint density at radius 2 is 2.00 bits per heavy atom. The van der Waals surface area contributed by atoms with E-state index in [1.54, 1.807) is 0 Å². The smallest absolute Gasteiger partial charge is 0.220 e. The summed E-state index contributed by atoms with van der Waals surface area (Å²) in [6, 6.07) is 8.14. The Morgan fingerprint density at radius 3 is 2.71 bits per heavy atom. The molecule has 1 saturated heterocycles. The summed E-state index contributed by atoms with van der Waals surface area (Å²) < 4.78 is 11.3. The van der Waals surface area contributed by atoms with Crippen LogP contribution in [0.25, 0.3) is 0 Å². The average molecular weight is 334 g/mol. The molecule has 0 bridgehead atoms. The molecule has 2 rings (SSSR count). The number of rotatable bonds is 10. The van der Waals surface area contributed by atoms with Crippen molar-refractivity contribution in [2.45, 2.75) is 45.6 Å². The zero-order valence-electron chi connectivity index (χ0n) is 14.9. The van der Waals surface area contributed by atoms with Gasteiger partial charge in [-0.15, -0.1) is 0 Å². The first-order valence-electron chi connectivity index (χ1n) is 9.10. The third kappa shape index (κ3) is 5.71. The summed E-state index contributed by atoms with van der Waals surface area (Å²) >= 11 is 0. The van der Waals surface area contributed by atoms with Crippen molar-refractivity contribution in [1.29, 1.82) is 0 Å². The van der Waals surface area contributed by atoms with Gasteiger partial charge in [-0.25, -0.2) is 0 Å². The van der Waals surface area contributed by atoms with E-state index in [1.165, 1.54) is 12.8 Å². The maximum absolute atomic E-state index is 12.0. The highest BCUT2D eigenvalue weighted by Crippen LogP contribution is 2.26. The van der Waals surface area contributed by atoms with Crippen molar-refractivity contribution in [3.8, 4) is 11.5 Å². The maximum Gasteiger partial charge on any atom is 0.220 e. The summed E-state index contributed by atoms with van der Waals surface area (Å²) in [4.78, 5) is 14.4. The highest BCUT2D eigenvalue weighted by Gasteiger charge is 2.22. The molecule has 0 radical (unpaired) electrons. The van der Waals surface area contributed by atoms with Crippen LogP contribution >= 0.6 is 0 Å². The van der Waals surface area contributed by atoms with Gasteiger partial charge in [0.25, 0.3) is 0 Å². The van der Waals surface area contributed by atoms with Crippen molar-refractivity contribution < 1.29 is 14.3 Å². The molecule has 1 aliphatic heterocycles. The van der Waals surface area contributed by atoms with Crippen LogP contribution in [0.2, 0.25) is 0 Å². The minimum Gasteiger partial charge on any atom is -0.490 e. The molecule has 1 fully saturated rings. The van der Waals surface area contributed by atoms with Gasteiger partial charge in [-0.2, -0.15) is 0 Å². The summed E-state index contributed by atoms with van der Waals surface area (Å²) in [5.74, 6) is 1.61. The standard InChI is InChI=1S/C19H30N2O3/c1-3-21-13-7-9-16(21)15-20-19(22)12-8-14-24-18-11-6-5-10-17(18)23-4-2/h5-6,10-11,16H,3-4,7-9,12-15H2,1-2H3,(H,20,22). The first-order chi connectivity index (χ1) is 11.7. The quantitative estimate of drug-likeness (QED) is 0.669. The zero-order valence-corrected chi connectivity index (χ0v) is 14.9. The molecule has 1 N–H and O–H groups in total. The second-order valence-electron chi connectivity index (χ2n) is 6.06. The number of likely N-dealkylation sites (tertiary alicyclic amines) is 1. The maximum atomic E-state index is 12.0. The van der Waals surface area contributed by atoms with Gasteiger partial charge in [0, 0.05) is 19.0 Å². The predicted octanol–water partition coefficient (Wildman–Crippen LogP) is 2.84. The fourth-order valence-electron chi connectivity index (χ4n) is 3.12. The Balaban J connectivity index is 1.63. The summed E-state index contributed by atoms with van der Waals surface area (Å²) in [5, 5.41) is 3.06. The van der Waals surface area contributed by atoms with E-state index in [0.29, 0.717) is 32.1 Å². The van der Waals surface area contributed by atoms with Crippen molar-refractivity contribution in [2.75, 3.05) is 32.8 Å². The van der Waals surface area contributed by atoms with Gasteiger partial charge in [0.05, 0.1) is 13.2 Å². The molecule has 1 heterocycles. The lowest BCUT2D eigenvalue weighted by Crippen LogP contribution is -2.40. The lowest BCUT2D eigenvalue weighted by molar-refractivity contribution is -0.121. The number of likely N-dealkylation sites (N-methyl/N-ethyl adjacent to an activating group) is 1. The average Bonchev–Trinajstić information content (AvgIpc) is 3.06. The van der Waals surface area contributed by atoms with Gasteiger partial charge in [0.2, 0.25) is 5.91 Å². The van der Waals surface area contributed by atoms with Crippen molar-refractivity contribution in [3.05, 3.63) is 24.3 Å². The van der Waals surface area contributed by atoms with Crippen molar-refractivity contribution in [2.24, 2.45) is 0 Å². The van der Waals surface area contributed by atoms with E-state index < -0.39 is 0 Å². The molecule has 1 aromatic carbocycles. The number of amides is 1. The van der Waals surface area contributed by atoms with Gasteiger partial charge >= 0.3 is 0 Å². The number of nitrogens with zero attached hydrogens (tertiary/aromatic N) is 1. The van der Waals surface area contributed by atoms with Crippen LogP contribution in [0.1, 0.15) is 39.5 Å². The third-order valence-electron chi connectivity index (χ3n) is 4.39. The van der Waals surface area contributed by atoms with Crippen LogP contribution in [0.3, 0.4) is 0 Å². The van der Waals surface area contributed by atoms with E-state index in [1.807, 2.05) is 31.2 Å². The Hall–Kier alpha value is -1.75. The molecule has 1 aliphatic rings. The number of carbonyl (C=O) groups excluding carboxylic acids is 1. The first-order valence-corrected chi connectivity index (χ1v) is 9.10. The number of hydrogen-bond donors (Lipinski definition) is 1. The van der Waals surface area contributed by atoms with Crippen molar-refractivity contribution >= 4 is 5.91 Å². The molecule has 1 aromatic rings. The number of nitrogens with one attached hydrogen (secondary N) is 1. The van der Waals surface area contributed by atoms with E-state index >= 15 is 0 Å². The zero-order chi connectivity index (χ0) is 17.2. The first kappa shape index (κ1) is 18.6. The summed E-state index contributed by atoms with van der Waals surface area (Å²) in [6.45, 7) is 8.24. The van der Waals surface area contributed by atoms with Gasteiger partial charge in [-0.05, 0) is 51.4 Å². The number of benzene rings is 1. The SMILES string of the molecule is CCOc1ccccc1OCCCC(=O)NCC1CCCN1CC. The lowest BCUT2D eigenvalue weighted by atomic mass is 10.2. The Bertz CT molecular complexity index is 507. The normalized spacial score (nSPS) is 17.7. The Kier molecular flexibility index (Phi) is 7.89. The van der Waals surface area contributed by atoms with Crippen LogP contribution in [0, 0.1) is 0 Å².